The summed E-state index contributed by atoms with van der Waals surface area (Å²) in [4.78, 5) is 6.04. The number of hydrogen-bond donors (Lipinski definition) is 1. The fourth-order valence-corrected chi connectivity index (χ4v) is 2.66. The maximum atomic E-state index is 13.2. The SMILES string of the molecule is O[C@@H](CN1CCO[C@@H](Cn2cncn2)C1)c1cccc(F)c1. The molecule has 2 heterocycles. The molecule has 0 radical (unpaired) electrons. The molecule has 1 saturated heterocycles. The van der Waals surface area contributed by atoms with E-state index in [1.807, 2.05) is 0 Å². The van der Waals surface area contributed by atoms with Crippen molar-refractivity contribution in [1.29, 1.82) is 0 Å². The number of halogens is 1. The van der Waals surface area contributed by atoms with Gasteiger partial charge >= 0.3 is 0 Å². The Kier molecular flexibility index (Phi) is 4.77. The summed E-state index contributed by atoms with van der Waals surface area (Å²) in [6.07, 6.45) is 2.45. The van der Waals surface area contributed by atoms with Crippen molar-refractivity contribution in [3.05, 3.63) is 48.3 Å². The third-order valence-corrected chi connectivity index (χ3v) is 3.74. The van der Waals surface area contributed by atoms with Gasteiger partial charge in [0, 0.05) is 19.6 Å². The second-order valence-electron chi connectivity index (χ2n) is 5.44. The van der Waals surface area contributed by atoms with Crippen LogP contribution in [0.4, 0.5) is 4.39 Å². The zero-order chi connectivity index (χ0) is 15.4. The lowest BCUT2D eigenvalue weighted by Gasteiger charge is -2.34. The largest absolute Gasteiger partial charge is 0.387 e. The van der Waals surface area contributed by atoms with Crippen LogP contribution in [-0.4, -0.2) is 57.1 Å². The van der Waals surface area contributed by atoms with Crippen molar-refractivity contribution in [3.63, 3.8) is 0 Å². The van der Waals surface area contributed by atoms with Gasteiger partial charge in [-0.2, -0.15) is 5.10 Å². The van der Waals surface area contributed by atoms with Crippen LogP contribution in [0.1, 0.15) is 11.7 Å². The molecule has 2 aromatic rings. The zero-order valence-corrected chi connectivity index (χ0v) is 12.2. The smallest absolute Gasteiger partial charge is 0.137 e. The van der Waals surface area contributed by atoms with Gasteiger partial charge in [0.05, 0.1) is 25.4 Å². The Morgan fingerprint density at radius 2 is 2.36 bits per heavy atom. The number of β-amino-alcohol motifs (C(OH)–C–C–N with tert-alkyl or cyclic N) is 1. The van der Waals surface area contributed by atoms with Gasteiger partial charge in [-0.25, -0.2) is 9.37 Å². The highest BCUT2D eigenvalue weighted by Crippen LogP contribution is 2.17. The van der Waals surface area contributed by atoms with Gasteiger partial charge in [0.1, 0.15) is 18.5 Å². The Bertz CT molecular complexity index is 593. The molecule has 0 amide bonds. The Morgan fingerprint density at radius 3 is 3.14 bits per heavy atom. The molecule has 1 N–H and O–H groups in total. The van der Waals surface area contributed by atoms with E-state index in [9.17, 15) is 9.50 Å². The molecule has 1 aliphatic rings. The quantitative estimate of drug-likeness (QED) is 0.887. The van der Waals surface area contributed by atoms with Crippen molar-refractivity contribution in [1.82, 2.24) is 19.7 Å². The Morgan fingerprint density at radius 1 is 1.45 bits per heavy atom. The first kappa shape index (κ1) is 15.1. The van der Waals surface area contributed by atoms with E-state index in [0.717, 1.165) is 6.54 Å². The molecule has 7 heteroatoms. The Hall–Kier alpha value is -1.83. The summed E-state index contributed by atoms with van der Waals surface area (Å²) in [6, 6.07) is 6.10. The van der Waals surface area contributed by atoms with E-state index in [4.69, 9.17) is 4.74 Å². The number of aliphatic hydroxyl groups is 1. The van der Waals surface area contributed by atoms with Crippen LogP contribution in [0, 0.1) is 5.82 Å². The third-order valence-electron chi connectivity index (χ3n) is 3.74. The van der Waals surface area contributed by atoms with Crippen molar-refractivity contribution in [2.75, 3.05) is 26.2 Å². The molecular weight excluding hydrogens is 287 g/mol. The number of ether oxygens (including phenoxy) is 1. The van der Waals surface area contributed by atoms with Crippen molar-refractivity contribution in [2.45, 2.75) is 18.8 Å². The topological polar surface area (TPSA) is 63.4 Å². The van der Waals surface area contributed by atoms with Crippen LogP contribution in [-0.2, 0) is 11.3 Å². The molecule has 2 atom stereocenters. The monoisotopic (exact) mass is 306 g/mol. The van der Waals surface area contributed by atoms with Gasteiger partial charge < -0.3 is 9.84 Å². The number of nitrogens with zero attached hydrogens (tertiary/aromatic N) is 4. The Labute approximate surface area is 128 Å². The Balaban J connectivity index is 1.55. The van der Waals surface area contributed by atoms with Crippen LogP contribution in [0.15, 0.2) is 36.9 Å². The van der Waals surface area contributed by atoms with E-state index < -0.39 is 6.10 Å². The number of aliphatic hydroxyl groups excluding tert-OH is 1. The summed E-state index contributed by atoms with van der Waals surface area (Å²) in [5, 5.41) is 14.3. The molecule has 1 aromatic carbocycles. The lowest BCUT2D eigenvalue weighted by atomic mass is 10.1. The van der Waals surface area contributed by atoms with Crippen LogP contribution in [0.2, 0.25) is 0 Å². The second kappa shape index (κ2) is 6.95. The predicted molar refractivity (Wildman–Crippen MR) is 77.6 cm³/mol. The van der Waals surface area contributed by atoms with E-state index in [0.29, 0.717) is 31.8 Å². The lowest BCUT2D eigenvalue weighted by Crippen LogP contribution is -2.45. The molecule has 1 aliphatic heterocycles. The highest BCUT2D eigenvalue weighted by Gasteiger charge is 2.23. The molecule has 0 spiro atoms. The number of hydrogen-bond acceptors (Lipinski definition) is 5. The number of morpholine rings is 1. The maximum Gasteiger partial charge on any atom is 0.137 e. The molecule has 1 aromatic heterocycles. The van der Waals surface area contributed by atoms with Crippen LogP contribution in [0.25, 0.3) is 0 Å². The van der Waals surface area contributed by atoms with Gasteiger partial charge in [0.2, 0.25) is 0 Å². The third kappa shape index (κ3) is 3.88. The average molecular weight is 306 g/mol. The zero-order valence-electron chi connectivity index (χ0n) is 12.2. The summed E-state index contributed by atoms with van der Waals surface area (Å²) in [7, 11) is 0. The normalized spacial score (nSPS) is 20.9. The molecule has 0 bridgehead atoms. The van der Waals surface area contributed by atoms with E-state index in [2.05, 4.69) is 15.0 Å². The fourth-order valence-electron chi connectivity index (χ4n) is 2.66. The minimum Gasteiger partial charge on any atom is -0.387 e. The molecule has 118 valence electrons. The standard InChI is InChI=1S/C15H19FN4O2/c16-13-3-1-2-12(6-13)15(21)9-19-4-5-22-14(7-19)8-20-11-17-10-18-20/h1-3,6,10-11,14-15,21H,4-5,7-9H2/t14-,15+/m1/s1. The van der Waals surface area contributed by atoms with Crippen molar-refractivity contribution >= 4 is 0 Å². The maximum absolute atomic E-state index is 13.2. The predicted octanol–water partition coefficient (Wildman–Crippen LogP) is 0.852. The molecule has 0 saturated carbocycles. The van der Waals surface area contributed by atoms with Gasteiger partial charge in [-0.05, 0) is 17.7 Å². The molecule has 6 nitrogen and oxygen atoms in total. The van der Waals surface area contributed by atoms with Crippen molar-refractivity contribution in [3.8, 4) is 0 Å². The number of aromatic nitrogens is 3. The second-order valence-corrected chi connectivity index (χ2v) is 5.44. The van der Waals surface area contributed by atoms with Crippen LogP contribution in [0.5, 0.6) is 0 Å². The lowest BCUT2D eigenvalue weighted by molar-refractivity contribution is -0.0487. The molecule has 22 heavy (non-hydrogen) atoms. The van der Waals surface area contributed by atoms with Gasteiger partial charge in [0.15, 0.2) is 0 Å². The minimum atomic E-state index is -0.708. The van der Waals surface area contributed by atoms with E-state index in [1.165, 1.54) is 18.5 Å². The van der Waals surface area contributed by atoms with Crippen molar-refractivity contribution in [2.24, 2.45) is 0 Å². The first-order chi connectivity index (χ1) is 10.7. The van der Waals surface area contributed by atoms with E-state index in [-0.39, 0.29) is 11.9 Å². The van der Waals surface area contributed by atoms with Gasteiger partial charge in [-0.3, -0.25) is 9.58 Å². The molecule has 1 fully saturated rings. The van der Waals surface area contributed by atoms with E-state index in [1.54, 1.807) is 23.1 Å². The first-order valence-corrected chi connectivity index (χ1v) is 7.30. The van der Waals surface area contributed by atoms with Gasteiger partial charge in [0.25, 0.3) is 0 Å². The fraction of sp³-hybridized carbons (Fsp3) is 0.467. The molecular formula is C15H19FN4O2. The van der Waals surface area contributed by atoms with Crippen molar-refractivity contribution < 1.29 is 14.2 Å². The van der Waals surface area contributed by atoms with Gasteiger partial charge in [-0.15, -0.1) is 0 Å². The minimum absolute atomic E-state index is 0.00941. The number of rotatable bonds is 5. The van der Waals surface area contributed by atoms with Gasteiger partial charge in [-0.1, -0.05) is 12.1 Å². The molecule has 0 aliphatic carbocycles. The highest BCUT2D eigenvalue weighted by atomic mass is 19.1. The van der Waals surface area contributed by atoms with E-state index >= 15 is 0 Å². The number of benzene rings is 1. The summed E-state index contributed by atoms with van der Waals surface area (Å²) >= 11 is 0. The summed E-state index contributed by atoms with van der Waals surface area (Å²) in [6.45, 7) is 3.15. The summed E-state index contributed by atoms with van der Waals surface area (Å²) in [5.74, 6) is -0.331. The molecule has 0 unspecified atom stereocenters. The van der Waals surface area contributed by atoms with Crippen LogP contribution < -0.4 is 0 Å². The first-order valence-electron chi connectivity index (χ1n) is 7.30. The summed E-state index contributed by atoms with van der Waals surface area (Å²) in [5.41, 5.74) is 0.597. The average Bonchev–Trinajstić information content (AvgIpc) is 3.00. The van der Waals surface area contributed by atoms with Crippen LogP contribution >= 0.6 is 0 Å². The molecule has 3 rings (SSSR count). The highest BCUT2D eigenvalue weighted by molar-refractivity contribution is 5.19. The van der Waals surface area contributed by atoms with Crippen LogP contribution in [0.3, 0.4) is 0 Å². The summed E-state index contributed by atoms with van der Waals surface area (Å²) < 4.78 is 20.7.